The summed E-state index contributed by atoms with van der Waals surface area (Å²) < 4.78 is 0. The lowest BCUT2D eigenvalue weighted by molar-refractivity contribution is 0.0413. The summed E-state index contributed by atoms with van der Waals surface area (Å²) in [6.45, 7) is 9.02. The van der Waals surface area contributed by atoms with Gasteiger partial charge in [-0.05, 0) is 47.0 Å². The minimum atomic E-state index is 0.0642. The minimum absolute atomic E-state index is 0.0642. The summed E-state index contributed by atoms with van der Waals surface area (Å²) >= 11 is 0. The van der Waals surface area contributed by atoms with Crippen LogP contribution in [0.25, 0.3) is 0 Å². The van der Waals surface area contributed by atoms with Gasteiger partial charge in [-0.15, -0.1) is 0 Å². The average molecular weight is 244 g/mol. The van der Waals surface area contributed by atoms with Crippen LogP contribution in [0.15, 0.2) is 30.3 Å². The minimum Gasteiger partial charge on any atom is -0.346 e. The summed E-state index contributed by atoms with van der Waals surface area (Å²) in [5.41, 5.74) is 1.14. The van der Waals surface area contributed by atoms with E-state index in [0.717, 1.165) is 18.4 Å². The van der Waals surface area contributed by atoms with Crippen LogP contribution < -0.4 is 0 Å². The summed E-state index contributed by atoms with van der Waals surface area (Å²) in [5, 5.41) is 8.56. The molecule has 1 heterocycles. The standard InChI is InChI=1S/C16H24N2/c1-15(2)11-8-12-16(3,4)18(15)14(17)13-9-6-5-7-10-13/h5-7,9-10,17H,8,11-12H2,1-4H3. The van der Waals surface area contributed by atoms with Crippen LogP contribution >= 0.6 is 0 Å². The van der Waals surface area contributed by atoms with E-state index in [0.29, 0.717) is 5.84 Å². The van der Waals surface area contributed by atoms with Crippen molar-refractivity contribution >= 4 is 5.84 Å². The zero-order valence-corrected chi connectivity index (χ0v) is 12.0. The largest absolute Gasteiger partial charge is 0.346 e. The molecule has 1 aliphatic heterocycles. The first-order valence-corrected chi connectivity index (χ1v) is 6.79. The number of piperidine rings is 1. The van der Waals surface area contributed by atoms with Gasteiger partial charge in [-0.3, -0.25) is 5.41 Å². The second-order valence-corrected chi connectivity index (χ2v) is 6.53. The Bertz CT molecular complexity index is 416. The van der Waals surface area contributed by atoms with Crippen molar-refractivity contribution in [3.05, 3.63) is 35.9 Å². The second kappa shape index (κ2) is 4.42. The van der Waals surface area contributed by atoms with Gasteiger partial charge in [0.2, 0.25) is 0 Å². The number of nitrogens with one attached hydrogen (secondary N) is 1. The van der Waals surface area contributed by atoms with Crippen molar-refractivity contribution in [2.24, 2.45) is 0 Å². The maximum atomic E-state index is 8.56. The molecule has 2 nitrogen and oxygen atoms in total. The molecule has 0 saturated carbocycles. The fourth-order valence-electron chi connectivity index (χ4n) is 3.33. The number of benzene rings is 1. The quantitative estimate of drug-likeness (QED) is 0.585. The predicted octanol–water partition coefficient (Wildman–Crippen LogP) is 4.06. The molecule has 0 aliphatic carbocycles. The van der Waals surface area contributed by atoms with Crippen molar-refractivity contribution in [3.63, 3.8) is 0 Å². The highest BCUT2D eigenvalue weighted by atomic mass is 15.3. The first kappa shape index (κ1) is 13.1. The first-order chi connectivity index (χ1) is 8.34. The molecule has 0 amide bonds. The van der Waals surface area contributed by atoms with Gasteiger partial charge in [0.15, 0.2) is 0 Å². The number of hydrogen-bond donors (Lipinski definition) is 1. The molecule has 2 rings (SSSR count). The van der Waals surface area contributed by atoms with Crippen molar-refractivity contribution < 1.29 is 0 Å². The molecule has 1 aliphatic rings. The van der Waals surface area contributed by atoms with E-state index in [2.05, 4.69) is 32.6 Å². The van der Waals surface area contributed by atoms with E-state index in [1.165, 1.54) is 6.42 Å². The Balaban J connectivity index is 2.37. The predicted molar refractivity (Wildman–Crippen MR) is 77.1 cm³/mol. The van der Waals surface area contributed by atoms with Crippen LogP contribution in [0.2, 0.25) is 0 Å². The molecule has 0 radical (unpaired) electrons. The monoisotopic (exact) mass is 244 g/mol. The normalized spacial score (nSPS) is 21.7. The van der Waals surface area contributed by atoms with Crippen LogP contribution in [0.4, 0.5) is 0 Å². The van der Waals surface area contributed by atoms with Crippen LogP contribution in [0, 0.1) is 5.41 Å². The van der Waals surface area contributed by atoms with Gasteiger partial charge in [0, 0.05) is 16.6 Å². The van der Waals surface area contributed by atoms with Crippen molar-refractivity contribution in [1.82, 2.24) is 4.90 Å². The summed E-state index contributed by atoms with van der Waals surface area (Å²) in [6, 6.07) is 10.1. The highest BCUT2D eigenvalue weighted by Gasteiger charge is 2.42. The Kier molecular flexibility index (Phi) is 3.22. The molecule has 0 atom stereocenters. The van der Waals surface area contributed by atoms with Gasteiger partial charge in [0.25, 0.3) is 0 Å². The number of nitrogens with zero attached hydrogens (tertiary/aromatic N) is 1. The average Bonchev–Trinajstić information content (AvgIpc) is 2.27. The summed E-state index contributed by atoms with van der Waals surface area (Å²) in [4.78, 5) is 2.30. The number of hydrogen-bond acceptors (Lipinski definition) is 1. The van der Waals surface area contributed by atoms with Crippen LogP contribution in [0.1, 0.15) is 52.5 Å². The molecule has 0 bridgehead atoms. The fourth-order valence-corrected chi connectivity index (χ4v) is 3.33. The van der Waals surface area contributed by atoms with Gasteiger partial charge in [-0.25, -0.2) is 0 Å². The molecule has 18 heavy (non-hydrogen) atoms. The van der Waals surface area contributed by atoms with Crippen molar-refractivity contribution in [3.8, 4) is 0 Å². The third-order valence-electron chi connectivity index (χ3n) is 4.06. The van der Waals surface area contributed by atoms with E-state index in [4.69, 9.17) is 5.41 Å². The number of likely N-dealkylation sites (tertiary alicyclic amines) is 1. The third kappa shape index (κ3) is 2.29. The molecule has 1 saturated heterocycles. The van der Waals surface area contributed by atoms with Crippen LogP contribution in [0.5, 0.6) is 0 Å². The fraction of sp³-hybridized carbons (Fsp3) is 0.562. The summed E-state index contributed by atoms with van der Waals surface area (Å²) in [6.07, 6.45) is 3.57. The highest BCUT2D eigenvalue weighted by Crippen LogP contribution is 2.39. The zero-order chi connectivity index (χ0) is 13.4. The van der Waals surface area contributed by atoms with Crippen LogP contribution in [-0.4, -0.2) is 21.8 Å². The van der Waals surface area contributed by atoms with Crippen LogP contribution in [0.3, 0.4) is 0 Å². The highest BCUT2D eigenvalue weighted by molar-refractivity contribution is 5.97. The van der Waals surface area contributed by atoms with E-state index in [9.17, 15) is 0 Å². The third-order valence-corrected chi connectivity index (χ3v) is 4.06. The lowest BCUT2D eigenvalue weighted by Gasteiger charge is -2.54. The smallest absolute Gasteiger partial charge is 0.128 e. The number of amidine groups is 1. The molecular weight excluding hydrogens is 220 g/mol. The second-order valence-electron chi connectivity index (χ2n) is 6.53. The molecule has 98 valence electrons. The molecular formula is C16H24N2. The SMILES string of the molecule is CC1(C)CCCC(C)(C)N1C(=N)c1ccccc1. The van der Waals surface area contributed by atoms with Gasteiger partial charge in [-0.1, -0.05) is 30.3 Å². The summed E-state index contributed by atoms with van der Waals surface area (Å²) in [7, 11) is 0. The molecule has 0 unspecified atom stereocenters. The Hall–Kier alpha value is -1.31. The number of rotatable bonds is 1. The van der Waals surface area contributed by atoms with E-state index < -0.39 is 0 Å². The van der Waals surface area contributed by atoms with Crippen molar-refractivity contribution in [2.75, 3.05) is 0 Å². The van der Waals surface area contributed by atoms with Gasteiger partial charge in [0.1, 0.15) is 5.84 Å². The molecule has 1 N–H and O–H groups in total. The van der Waals surface area contributed by atoms with Crippen molar-refractivity contribution in [1.29, 1.82) is 5.41 Å². The Morgan fingerprint density at radius 2 is 1.50 bits per heavy atom. The summed E-state index contributed by atoms with van der Waals surface area (Å²) in [5.74, 6) is 0.658. The lowest BCUT2D eigenvalue weighted by Crippen LogP contribution is -2.60. The molecule has 1 fully saturated rings. The maximum absolute atomic E-state index is 8.56. The van der Waals surface area contributed by atoms with Gasteiger partial charge in [0.05, 0.1) is 0 Å². The Morgan fingerprint density at radius 1 is 1.00 bits per heavy atom. The van der Waals surface area contributed by atoms with Gasteiger partial charge in [-0.2, -0.15) is 0 Å². The van der Waals surface area contributed by atoms with Crippen molar-refractivity contribution in [2.45, 2.75) is 58.0 Å². The first-order valence-electron chi connectivity index (χ1n) is 6.79. The molecule has 1 aromatic rings. The van der Waals surface area contributed by atoms with Gasteiger partial charge >= 0.3 is 0 Å². The van der Waals surface area contributed by atoms with E-state index >= 15 is 0 Å². The van der Waals surface area contributed by atoms with E-state index in [-0.39, 0.29) is 11.1 Å². The topological polar surface area (TPSA) is 27.1 Å². The van der Waals surface area contributed by atoms with Gasteiger partial charge < -0.3 is 4.90 Å². The van der Waals surface area contributed by atoms with Crippen LogP contribution in [-0.2, 0) is 0 Å². The Morgan fingerprint density at radius 3 is 2.00 bits per heavy atom. The molecule has 0 spiro atoms. The molecule has 0 aromatic heterocycles. The van der Waals surface area contributed by atoms with E-state index in [1.54, 1.807) is 0 Å². The lowest BCUT2D eigenvalue weighted by atomic mass is 9.79. The molecule has 1 aromatic carbocycles. The van der Waals surface area contributed by atoms with E-state index in [1.807, 2.05) is 30.3 Å². The zero-order valence-electron chi connectivity index (χ0n) is 12.0. The Labute approximate surface area is 111 Å². The maximum Gasteiger partial charge on any atom is 0.128 e. The molecule has 2 heteroatoms.